The number of carbonyl (C=O) groups is 5. The molecule has 2 heterocycles. The van der Waals surface area contributed by atoms with Gasteiger partial charge in [-0.3, -0.25) is 24.2 Å². The van der Waals surface area contributed by atoms with E-state index in [2.05, 4.69) is 38.1 Å². The highest BCUT2D eigenvalue weighted by molar-refractivity contribution is 5.97. The van der Waals surface area contributed by atoms with E-state index in [4.69, 9.17) is 9.47 Å². The van der Waals surface area contributed by atoms with Gasteiger partial charge in [0.25, 0.3) is 5.91 Å². The first-order valence-corrected chi connectivity index (χ1v) is 19.3. The first kappa shape index (κ1) is 39.4. The molecule has 2 fully saturated rings. The van der Waals surface area contributed by atoms with Gasteiger partial charge in [0.05, 0.1) is 18.2 Å². The van der Waals surface area contributed by atoms with Crippen LogP contribution in [0.4, 0.5) is 4.79 Å². The summed E-state index contributed by atoms with van der Waals surface area (Å²) in [6.07, 6.45) is 8.02. The first-order valence-electron chi connectivity index (χ1n) is 19.3. The number of likely N-dealkylation sites (tertiary alicyclic amines) is 1. The third kappa shape index (κ3) is 9.32. The van der Waals surface area contributed by atoms with Gasteiger partial charge in [-0.2, -0.15) is 0 Å². The molecule has 0 unspecified atom stereocenters. The number of ether oxygens (including phenoxy) is 2. The summed E-state index contributed by atoms with van der Waals surface area (Å²) in [5.41, 5.74) is 3.66. The molecule has 2 aromatic carbocycles. The summed E-state index contributed by atoms with van der Waals surface area (Å²) in [4.78, 5) is 77.9. The Labute approximate surface area is 322 Å². The van der Waals surface area contributed by atoms with E-state index in [1.807, 2.05) is 36.4 Å². The fraction of sp³-hybridized carbons (Fsp3) is 0.500. The molecule has 55 heavy (non-hydrogen) atoms. The van der Waals surface area contributed by atoms with Gasteiger partial charge in [-0.15, -0.1) is 0 Å². The number of fused-ring (bicyclic) bond motifs is 3. The van der Waals surface area contributed by atoms with E-state index in [0.29, 0.717) is 0 Å². The van der Waals surface area contributed by atoms with Crippen LogP contribution in [0, 0.1) is 17.8 Å². The molecule has 0 radical (unpaired) electrons. The van der Waals surface area contributed by atoms with Crippen LogP contribution in [0.1, 0.15) is 94.3 Å². The number of amides is 4. The van der Waals surface area contributed by atoms with Crippen LogP contribution in [0.25, 0.3) is 11.1 Å². The second-order valence-corrected chi connectivity index (χ2v) is 16.1. The Kier molecular flexibility index (Phi) is 12.2. The maximum Gasteiger partial charge on any atom is 0.409 e. The van der Waals surface area contributed by atoms with Gasteiger partial charge >= 0.3 is 12.1 Å². The van der Waals surface area contributed by atoms with Crippen molar-refractivity contribution in [1.29, 1.82) is 0 Å². The summed E-state index contributed by atoms with van der Waals surface area (Å²) >= 11 is 0. The smallest absolute Gasteiger partial charge is 0.409 e. The van der Waals surface area contributed by atoms with Crippen LogP contribution in [0.5, 0.6) is 0 Å². The van der Waals surface area contributed by atoms with E-state index in [0.717, 1.165) is 54.4 Å². The van der Waals surface area contributed by atoms with Gasteiger partial charge in [0.15, 0.2) is 0 Å². The number of rotatable bonds is 11. The van der Waals surface area contributed by atoms with Gasteiger partial charge in [0.1, 0.15) is 30.0 Å². The maximum atomic E-state index is 14.1. The minimum Gasteiger partial charge on any atom is -0.460 e. The van der Waals surface area contributed by atoms with Gasteiger partial charge < -0.3 is 30.3 Å². The summed E-state index contributed by atoms with van der Waals surface area (Å²) in [7, 11) is 0. The number of nitrogens with zero attached hydrogens (tertiary/aromatic N) is 3. The van der Waals surface area contributed by atoms with E-state index >= 15 is 0 Å². The van der Waals surface area contributed by atoms with Crippen LogP contribution in [0.3, 0.4) is 0 Å². The van der Waals surface area contributed by atoms with E-state index in [1.54, 1.807) is 34.6 Å². The highest BCUT2D eigenvalue weighted by Gasteiger charge is 2.45. The summed E-state index contributed by atoms with van der Waals surface area (Å²) in [6, 6.07) is 13.4. The zero-order chi connectivity index (χ0) is 39.3. The van der Waals surface area contributed by atoms with E-state index in [1.165, 1.54) is 23.5 Å². The molecule has 2 aliphatic carbocycles. The van der Waals surface area contributed by atoms with Crippen LogP contribution in [-0.4, -0.2) is 88.1 Å². The molecule has 1 aromatic heterocycles. The standard InChI is InChI=1S/C42H52N6O7/c1-25(2)35(46-39(51)36(26-13-7-6-8-14-26)47-37(49)33-21-43-19-20-44-33)38(50)45-34-23-48(22-31(34)40(52)55-42(3,4)5)41(53)54-24-32-29-17-11-9-15-27(29)28-16-10-12-18-30(28)32/h9-12,15-21,25-26,31-32,34-36H,6-8,13-14,22-24H2,1-5H3,(H,45,50)(H,46,51)(H,47,49)/t31-,34+,35+,36+/m1/s1. The highest BCUT2D eigenvalue weighted by atomic mass is 16.6. The third-order valence-corrected chi connectivity index (χ3v) is 10.7. The molecule has 3 aliphatic rings. The van der Waals surface area contributed by atoms with Crippen molar-refractivity contribution in [1.82, 2.24) is 30.8 Å². The van der Waals surface area contributed by atoms with E-state index in [9.17, 15) is 24.0 Å². The lowest BCUT2D eigenvalue weighted by Gasteiger charge is -2.32. The van der Waals surface area contributed by atoms with Crippen molar-refractivity contribution in [2.45, 2.75) is 96.4 Å². The fourth-order valence-electron chi connectivity index (χ4n) is 7.95. The molecule has 4 amide bonds. The van der Waals surface area contributed by atoms with Crippen molar-refractivity contribution < 1.29 is 33.4 Å². The average Bonchev–Trinajstić information content (AvgIpc) is 3.74. The molecule has 0 bridgehead atoms. The Balaban J connectivity index is 1.15. The fourth-order valence-corrected chi connectivity index (χ4v) is 7.95. The molecule has 4 atom stereocenters. The monoisotopic (exact) mass is 752 g/mol. The zero-order valence-corrected chi connectivity index (χ0v) is 32.2. The summed E-state index contributed by atoms with van der Waals surface area (Å²) in [5, 5.41) is 8.73. The van der Waals surface area contributed by atoms with Crippen LogP contribution >= 0.6 is 0 Å². The number of hydrogen-bond donors (Lipinski definition) is 3. The zero-order valence-electron chi connectivity index (χ0n) is 32.2. The van der Waals surface area contributed by atoms with Crippen molar-refractivity contribution in [2.24, 2.45) is 17.8 Å². The van der Waals surface area contributed by atoms with Crippen molar-refractivity contribution in [3.05, 3.63) is 83.9 Å². The molecule has 3 N–H and O–H groups in total. The number of hydrogen-bond acceptors (Lipinski definition) is 9. The Hall–Kier alpha value is -5.33. The van der Waals surface area contributed by atoms with Crippen LogP contribution in [0.15, 0.2) is 67.1 Å². The lowest BCUT2D eigenvalue weighted by molar-refractivity contribution is -0.160. The van der Waals surface area contributed by atoms with E-state index < -0.39 is 59.4 Å². The lowest BCUT2D eigenvalue weighted by Crippen LogP contribution is -2.59. The third-order valence-electron chi connectivity index (χ3n) is 10.7. The largest absolute Gasteiger partial charge is 0.460 e. The molecule has 6 rings (SSSR count). The minimum absolute atomic E-state index is 0.00392. The molecule has 0 spiro atoms. The second kappa shape index (κ2) is 17.0. The maximum absolute atomic E-state index is 14.1. The van der Waals surface area contributed by atoms with Crippen molar-refractivity contribution in [3.8, 4) is 11.1 Å². The number of nitrogens with one attached hydrogen (secondary N) is 3. The quantitative estimate of drug-likeness (QED) is 0.228. The van der Waals surface area contributed by atoms with Crippen LogP contribution in [0.2, 0.25) is 0 Å². The van der Waals surface area contributed by atoms with E-state index in [-0.39, 0.29) is 43.1 Å². The van der Waals surface area contributed by atoms with Crippen molar-refractivity contribution in [3.63, 3.8) is 0 Å². The summed E-state index contributed by atoms with van der Waals surface area (Å²) in [5.74, 6) is -3.58. The Morgan fingerprint density at radius 2 is 1.51 bits per heavy atom. The Morgan fingerprint density at radius 3 is 2.11 bits per heavy atom. The molecule has 292 valence electrons. The first-order chi connectivity index (χ1) is 26.3. The summed E-state index contributed by atoms with van der Waals surface area (Å²) < 4.78 is 11.7. The SMILES string of the molecule is CC(C)[C@H](NC(=O)[C@@H](NC(=O)c1cnccn1)C1CCCCC1)C(=O)N[C@H]1CN(C(=O)OCC2c3ccccc3-c3ccccc32)C[C@H]1C(=O)OC(C)(C)C. The van der Waals surface area contributed by atoms with Crippen LogP contribution in [-0.2, 0) is 23.9 Å². The molecule has 1 aliphatic heterocycles. The molecule has 13 nitrogen and oxygen atoms in total. The topological polar surface area (TPSA) is 169 Å². The highest BCUT2D eigenvalue weighted by Crippen LogP contribution is 2.44. The van der Waals surface area contributed by atoms with Crippen LogP contribution < -0.4 is 16.0 Å². The summed E-state index contributed by atoms with van der Waals surface area (Å²) in [6.45, 7) is 8.97. The Morgan fingerprint density at radius 1 is 0.855 bits per heavy atom. The number of esters is 1. The predicted octanol–water partition coefficient (Wildman–Crippen LogP) is 5.00. The molecular weight excluding hydrogens is 700 g/mol. The van der Waals surface area contributed by atoms with Gasteiger partial charge in [0.2, 0.25) is 11.8 Å². The number of benzene rings is 2. The average molecular weight is 753 g/mol. The molecule has 3 aromatic rings. The van der Waals surface area contributed by atoms with Gasteiger partial charge in [0, 0.05) is 31.4 Å². The molecular formula is C42H52N6O7. The molecule has 13 heteroatoms. The normalized spacial score (nSPS) is 19.5. The number of aromatic nitrogens is 2. The van der Waals surface area contributed by atoms with Gasteiger partial charge in [-0.25, -0.2) is 9.78 Å². The Bertz CT molecular complexity index is 1830. The molecule has 1 saturated heterocycles. The number of carbonyl (C=O) groups excluding carboxylic acids is 5. The lowest BCUT2D eigenvalue weighted by atomic mass is 9.83. The van der Waals surface area contributed by atoms with Gasteiger partial charge in [-0.1, -0.05) is 81.6 Å². The van der Waals surface area contributed by atoms with Crippen molar-refractivity contribution >= 4 is 29.8 Å². The second-order valence-electron chi connectivity index (χ2n) is 16.1. The molecule has 1 saturated carbocycles. The minimum atomic E-state index is -1.00. The van der Waals surface area contributed by atoms with Gasteiger partial charge in [-0.05, 0) is 67.7 Å². The van der Waals surface area contributed by atoms with Crippen molar-refractivity contribution in [2.75, 3.05) is 19.7 Å². The predicted molar refractivity (Wildman–Crippen MR) is 205 cm³/mol.